The van der Waals surface area contributed by atoms with Gasteiger partial charge in [-0.25, -0.2) is 0 Å². The summed E-state index contributed by atoms with van der Waals surface area (Å²) in [5, 5.41) is 20.4. The Morgan fingerprint density at radius 1 is 1.06 bits per heavy atom. The van der Waals surface area contributed by atoms with E-state index in [1.807, 2.05) is 0 Å². The van der Waals surface area contributed by atoms with Gasteiger partial charge in [-0.3, -0.25) is 14.4 Å². The number of hydrogen-bond donors (Lipinski definition) is 2. The number of methoxy groups -OCH3 is 2. The van der Waals surface area contributed by atoms with E-state index in [9.17, 15) is 19.5 Å². The standard InChI is InChI=1S/C23H22ClNO7/c1-31-15-9-10-16(17(12-15)32-2)20-19(21(28)13-5-7-14(24)8-6-13)22(29)23(30)25(20)11-3-4-18(26)27/h5-10,12,20,28H,3-4,11H2,1-2H3,(H,26,27)/b21-19-. The summed E-state index contributed by atoms with van der Waals surface area (Å²) in [5.74, 6) is -2.21. The van der Waals surface area contributed by atoms with Crippen LogP contribution in [0.1, 0.15) is 30.0 Å². The van der Waals surface area contributed by atoms with Gasteiger partial charge in [0.05, 0.1) is 25.8 Å². The van der Waals surface area contributed by atoms with Crippen LogP contribution >= 0.6 is 11.6 Å². The molecule has 1 amide bonds. The van der Waals surface area contributed by atoms with Crippen molar-refractivity contribution in [1.29, 1.82) is 0 Å². The number of Topliss-reactive ketones (excluding diaryl/α,β-unsaturated/α-hetero) is 1. The van der Waals surface area contributed by atoms with Crippen LogP contribution in [-0.2, 0) is 14.4 Å². The number of carbonyl (C=O) groups is 3. The maximum Gasteiger partial charge on any atom is 0.303 e. The quantitative estimate of drug-likeness (QED) is 0.352. The number of aliphatic hydroxyl groups is 1. The van der Waals surface area contributed by atoms with Crippen LogP contribution in [0.5, 0.6) is 11.5 Å². The van der Waals surface area contributed by atoms with Crippen LogP contribution in [0.4, 0.5) is 0 Å². The Labute approximate surface area is 189 Å². The average Bonchev–Trinajstić information content (AvgIpc) is 3.03. The van der Waals surface area contributed by atoms with Crippen molar-refractivity contribution < 1.29 is 34.1 Å². The summed E-state index contributed by atoms with van der Waals surface area (Å²) in [7, 11) is 2.93. The highest BCUT2D eigenvalue weighted by atomic mass is 35.5. The van der Waals surface area contributed by atoms with Crippen LogP contribution < -0.4 is 9.47 Å². The van der Waals surface area contributed by atoms with Crippen LogP contribution in [0, 0.1) is 0 Å². The molecule has 168 valence electrons. The Kier molecular flexibility index (Phi) is 7.05. The molecule has 1 aliphatic heterocycles. The lowest BCUT2D eigenvalue weighted by Crippen LogP contribution is -2.31. The molecule has 32 heavy (non-hydrogen) atoms. The molecular formula is C23H22ClNO7. The second-order valence-electron chi connectivity index (χ2n) is 7.10. The molecule has 2 aromatic rings. The minimum absolute atomic E-state index is 0.00806. The van der Waals surface area contributed by atoms with E-state index < -0.39 is 23.7 Å². The summed E-state index contributed by atoms with van der Waals surface area (Å²) in [4.78, 5) is 38.1. The number of halogens is 1. The topological polar surface area (TPSA) is 113 Å². The Morgan fingerprint density at radius 3 is 2.34 bits per heavy atom. The lowest BCUT2D eigenvalue weighted by molar-refractivity contribution is -0.140. The molecule has 0 bridgehead atoms. The number of amides is 1. The zero-order chi connectivity index (χ0) is 23.4. The van der Waals surface area contributed by atoms with Crippen molar-refractivity contribution in [2.24, 2.45) is 0 Å². The van der Waals surface area contributed by atoms with Gasteiger partial charge >= 0.3 is 5.97 Å². The zero-order valence-electron chi connectivity index (χ0n) is 17.5. The minimum Gasteiger partial charge on any atom is -0.507 e. The SMILES string of the molecule is COc1ccc(C2/C(=C(/O)c3ccc(Cl)cc3)C(=O)C(=O)N2CCCC(=O)O)c(OC)c1. The Morgan fingerprint density at radius 2 is 1.75 bits per heavy atom. The molecule has 0 radical (unpaired) electrons. The smallest absolute Gasteiger partial charge is 0.303 e. The normalized spacial score (nSPS) is 17.5. The number of likely N-dealkylation sites (tertiary alicyclic amines) is 1. The van der Waals surface area contributed by atoms with Gasteiger partial charge in [0, 0.05) is 35.2 Å². The third-order valence-corrected chi connectivity index (χ3v) is 5.43. The number of benzene rings is 2. The fourth-order valence-electron chi connectivity index (χ4n) is 3.64. The van der Waals surface area contributed by atoms with Crippen LogP contribution in [0.15, 0.2) is 48.0 Å². The van der Waals surface area contributed by atoms with Gasteiger partial charge in [0.15, 0.2) is 0 Å². The molecule has 9 heteroatoms. The van der Waals surface area contributed by atoms with Gasteiger partial charge < -0.3 is 24.6 Å². The van der Waals surface area contributed by atoms with Crippen LogP contribution in [0.3, 0.4) is 0 Å². The summed E-state index contributed by atoms with van der Waals surface area (Å²) >= 11 is 5.92. The first kappa shape index (κ1) is 23.1. The number of rotatable bonds is 8. The number of ether oxygens (including phenoxy) is 2. The lowest BCUT2D eigenvalue weighted by atomic mass is 9.94. The molecule has 2 N–H and O–H groups in total. The highest BCUT2D eigenvalue weighted by Gasteiger charge is 2.46. The summed E-state index contributed by atoms with van der Waals surface area (Å²) < 4.78 is 10.7. The van der Waals surface area contributed by atoms with E-state index in [0.717, 1.165) is 0 Å². The number of aliphatic hydroxyl groups excluding tert-OH is 1. The van der Waals surface area contributed by atoms with E-state index in [0.29, 0.717) is 27.6 Å². The summed E-state index contributed by atoms with van der Waals surface area (Å²) in [6.07, 6.45) is -0.0367. The van der Waals surface area contributed by atoms with E-state index in [-0.39, 0.29) is 30.7 Å². The molecule has 1 fully saturated rings. The molecule has 3 rings (SSSR count). The molecule has 1 saturated heterocycles. The summed E-state index contributed by atoms with van der Waals surface area (Å²) in [5.41, 5.74) is 0.657. The average molecular weight is 460 g/mol. The van der Waals surface area contributed by atoms with Gasteiger partial charge in [0.25, 0.3) is 11.7 Å². The van der Waals surface area contributed by atoms with Crippen LogP contribution in [-0.4, -0.2) is 53.5 Å². The minimum atomic E-state index is -1.01. The second kappa shape index (κ2) is 9.74. The lowest BCUT2D eigenvalue weighted by Gasteiger charge is -2.26. The highest BCUT2D eigenvalue weighted by molar-refractivity contribution is 6.46. The number of carbonyl (C=O) groups excluding carboxylic acids is 2. The molecule has 0 aromatic heterocycles. The first-order valence-corrected chi connectivity index (χ1v) is 10.1. The molecule has 0 saturated carbocycles. The molecule has 2 aromatic carbocycles. The molecule has 1 unspecified atom stereocenters. The molecule has 1 heterocycles. The molecule has 1 atom stereocenters. The number of ketones is 1. The number of hydrogen-bond acceptors (Lipinski definition) is 6. The number of carboxylic acids is 1. The Balaban J connectivity index is 2.17. The van der Waals surface area contributed by atoms with Crippen molar-refractivity contribution in [2.45, 2.75) is 18.9 Å². The third-order valence-electron chi connectivity index (χ3n) is 5.18. The molecule has 0 spiro atoms. The Hall–Kier alpha value is -3.52. The molecule has 8 nitrogen and oxygen atoms in total. The number of carboxylic acid groups (broad SMARTS) is 1. The van der Waals surface area contributed by atoms with Gasteiger partial charge in [-0.2, -0.15) is 0 Å². The van der Waals surface area contributed by atoms with E-state index in [1.54, 1.807) is 30.3 Å². The van der Waals surface area contributed by atoms with Crippen molar-refractivity contribution in [3.63, 3.8) is 0 Å². The molecule has 0 aliphatic carbocycles. The van der Waals surface area contributed by atoms with Gasteiger partial charge in [0.1, 0.15) is 17.3 Å². The fourth-order valence-corrected chi connectivity index (χ4v) is 3.77. The monoisotopic (exact) mass is 459 g/mol. The fraction of sp³-hybridized carbons (Fsp3) is 0.261. The predicted octanol–water partition coefficient (Wildman–Crippen LogP) is 3.64. The first-order chi connectivity index (χ1) is 15.3. The van der Waals surface area contributed by atoms with E-state index in [2.05, 4.69) is 0 Å². The van der Waals surface area contributed by atoms with Crippen molar-refractivity contribution >= 4 is 35.0 Å². The third kappa shape index (κ3) is 4.55. The van der Waals surface area contributed by atoms with Gasteiger partial charge in [-0.05, 0) is 42.8 Å². The van der Waals surface area contributed by atoms with Crippen molar-refractivity contribution in [3.05, 3.63) is 64.2 Å². The zero-order valence-corrected chi connectivity index (χ0v) is 18.3. The van der Waals surface area contributed by atoms with Crippen LogP contribution in [0.25, 0.3) is 5.76 Å². The first-order valence-electron chi connectivity index (χ1n) is 9.76. The summed E-state index contributed by atoms with van der Waals surface area (Å²) in [6, 6.07) is 10.1. The largest absolute Gasteiger partial charge is 0.507 e. The molecular weight excluding hydrogens is 438 g/mol. The number of aliphatic carboxylic acids is 1. The Bertz CT molecular complexity index is 1080. The maximum atomic E-state index is 13.0. The second-order valence-corrected chi connectivity index (χ2v) is 7.54. The van der Waals surface area contributed by atoms with Gasteiger partial charge in [-0.1, -0.05) is 11.6 Å². The number of nitrogens with zero attached hydrogens (tertiary/aromatic N) is 1. The van der Waals surface area contributed by atoms with E-state index >= 15 is 0 Å². The van der Waals surface area contributed by atoms with Crippen molar-refractivity contribution in [3.8, 4) is 11.5 Å². The van der Waals surface area contributed by atoms with E-state index in [1.165, 1.54) is 31.3 Å². The van der Waals surface area contributed by atoms with Gasteiger partial charge in [0.2, 0.25) is 0 Å². The van der Waals surface area contributed by atoms with Crippen LogP contribution in [0.2, 0.25) is 5.02 Å². The summed E-state index contributed by atoms with van der Waals surface area (Å²) in [6.45, 7) is 0.00806. The van der Waals surface area contributed by atoms with Gasteiger partial charge in [-0.15, -0.1) is 0 Å². The van der Waals surface area contributed by atoms with Crippen molar-refractivity contribution in [2.75, 3.05) is 20.8 Å². The highest BCUT2D eigenvalue weighted by Crippen LogP contribution is 2.43. The maximum absolute atomic E-state index is 13.0. The van der Waals surface area contributed by atoms with Crippen molar-refractivity contribution in [1.82, 2.24) is 4.90 Å². The van der Waals surface area contributed by atoms with E-state index in [4.69, 9.17) is 26.2 Å². The predicted molar refractivity (Wildman–Crippen MR) is 117 cm³/mol. The molecule has 1 aliphatic rings.